The molecule has 25 heavy (non-hydrogen) atoms. The van der Waals surface area contributed by atoms with Gasteiger partial charge in [0, 0.05) is 15.5 Å². The average molecular weight is 366 g/mol. The van der Waals surface area contributed by atoms with Gasteiger partial charge in [-0.1, -0.05) is 79.8 Å². The summed E-state index contributed by atoms with van der Waals surface area (Å²) >= 11 is 1.74. The van der Waals surface area contributed by atoms with Crippen molar-refractivity contribution in [1.82, 2.24) is 4.72 Å². The molecule has 3 aromatic rings. The van der Waals surface area contributed by atoms with Crippen molar-refractivity contribution in [2.24, 2.45) is 0 Å². The van der Waals surface area contributed by atoms with Gasteiger partial charge in [0.25, 0.3) is 0 Å². The van der Waals surface area contributed by atoms with Crippen LogP contribution in [0.15, 0.2) is 77.5 Å². The molecule has 3 rings (SSSR count). The third-order valence-corrected chi connectivity index (χ3v) is 7.03. The zero-order valence-electron chi connectivity index (χ0n) is 14.5. The van der Waals surface area contributed by atoms with Gasteiger partial charge in [-0.15, -0.1) is 20.7 Å². The van der Waals surface area contributed by atoms with Gasteiger partial charge in [-0.2, -0.15) is 0 Å². The first-order valence-electron chi connectivity index (χ1n) is 8.19. The van der Waals surface area contributed by atoms with Crippen LogP contribution in [0, 0.1) is 0 Å². The number of hydrogen-bond donors (Lipinski definition) is 1. The van der Waals surface area contributed by atoms with Crippen molar-refractivity contribution in [3.05, 3.63) is 83.7 Å². The van der Waals surface area contributed by atoms with Gasteiger partial charge in [0.15, 0.2) is 0 Å². The lowest BCUT2D eigenvalue weighted by molar-refractivity contribution is 1.14. The Bertz CT molecular complexity index is 962. The Balaban J connectivity index is 1.91. The highest BCUT2D eigenvalue weighted by atomic mass is 32.2. The number of aryl methyl sites for hydroxylation is 1. The first-order valence-corrected chi connectivity index (χ1v) is 11.0. The normalized spacial score (nSPS) is 11.2. The molecule has 2 aromatic carbocycles. The predicted octanol–water partition coefficient (Wildman–Crippen LogP) is 6.18. The minimum atomic E-state index is -1.70. The van der Waals surface area contributed by atoms with E-state index in [0.717, 1.165) is 17.7 Å². The highest BCUT2D eigenvalue weighted by Crippen LogP contribution is 2.42. The van der Waals surface area contributed by atoms with Crippen LogP contribution in [0.1, 0.15) is 18.1 Å². The molecule has 1 N–H and O–H groups in total. The molecule has 0 aliphatic carbocycles. The summed E-state index contributed by atoms with van der Waals surface area (Å²) in [5.74, 6) is 8.81. The van der Waals surface area contributed by atoms with Crippen molar-refractivity contribution < 1.29 is 0 Å². The van der Waals surface area contributed by atoms with Gasteiger partial charge < -0.3 is 4.72 Å². The third kappa shape index (κ3) is 3.89. The van der Waals surface area contributed by atoms with E-state index in [9.17, 15) is 0 Å². The van der Waals surface area contributed by atoms with Crippen LogP contribution < -0.4 is 4.72 Å². The molecule has 0 aliphatic heterocycles. The molecule has 0 aliphatic rings. The summed E-state index contributed by atoms with van der Waals surface area (Å²) in [5, 5.41) is 2.11. The number of rotatable bonds is 6. The topological polar surface area (TPSA) is 12.0 Å². The SMILES string of the molecule is C=C(NS(=C)(=C)c1ccsc1-c1ccc(CC)cc1)c1ccccc1. The lowest BCUT2D eigenvalue weighted by atomic mass is 10.1. The summed E-state index contributed by atoms with van der Waals surface area (Å²) in [4.78, 5) is 2.40. The van der Waals surface area contributed by atoms with E-state index in [1.165, 1.54) is 20.9 Å². The van der Waals surface area contributed by atoms with E-state index in [2.05, 4.69) is 65.7 Å². The fraction of sp³-hybridized carbons (Fsp3) is 0.0909. The van der Waals surface area contributed by atoms with Crippen LogP contribution in [-0.2, 0) is 6.42 Å². The third-order valence-electron chi connectivity index (χ3n) is 4.12. The summed E-state index contributed by atoms with van der Waals surface area (Å²) in [6.07, 6.45) is 1.05. The number of benzene rings is 2. The van der Waals surface area contributed by atoms with Crippen molar-refractivity contribution in [2.75, 3.05) is 0 Å². The highest BCUT2D eigenvalue weighted by molar-refractivity contribution is 8.26. The molecular formula is C22H23NS2. The summed E-state index contributed by atoms with van der Waals surface area (Å²) in [5.41, 5.74) is 4.49. The Hall–Kier alpha value is -2.23. The monoisotopic (exact) mass is 365 g/mol. The van der Waals surface area contributed by atoms with Crippen molar-refractivity contribution in [3.63, 3.8) is 0 Å². The Morgan fingerprint density at radius 1 is 1.00 bits per heavy atom. The molecule has 128 valence electrons. The van der Waals surface area contributed by atoms with Crippen molar-refractivity contribution in [1.29, 1.82) is 0 Å². The van der Waals surface area contributed by atoms with Crippen LogP contribution in [0.5, 0.6) is 0 Å². The van der Waals surface area contributed by atoms with E-state index in [4.69, 9.17) is 0 Å². The van der Waals surface area contributed by atoms with Gasteiger partial charge in [0.2, 0.25) is 0 Å². The quantitative estimate of drug-likeness (QED) is 0.514. The fourth-order valence-electron chi connectivity index (χ4n) is 2.70. The van der Waals surface area contributed by atoms with Crippen molar-refractivity contribution in [2.45, 2.75) is 18.2 Å². The molecule has 1 aromatic heterocycles. The Morgan fingerprint density at radius 3 is 2.32 bits per heavy atom. The van der Waals surface area contributed by atoms with Gasteiger partial charge in [0.05, 0.1) is 0 Å². The van der Waals surface area contributed by atoms with Crippen molar-refractivity contribution >= 4 is 38.2 Å². The van der Waals surface area contributed by atoms with Gasteiger partial charge in [-0.05, 0) is 34.6 Å². The Labute approximate surface area is 155 Å². The second-order valence-electron chi connectivity index (χ2n) is 5.99. The Kier molecular flexibility index (Phi) is 5.16. The van der Waals surface area contributed by atoms with Crippen LogP contribution in [0.3, 0.4) is 0 Å². The van der Waals surface area contributed by atoms with Crippen LogP contribution in [0.4, 0.5) is 0 Å². The molecule has 3 heteroatoms. The molecule has 1 heterocycles. The minimum absolute atomic E-state index is 0.860. The second kappa shape index (κ2) is 7.34. The molecule has 0 unspecified atom stereocenters. The number of nitrogens with one attached hydrogen (secondary N) is 1. The van der Waals surface area contributed by atoms with E-state index in [-0.39, 0.29) is 0 Å². The molecule has 0 fully saturated rings. The number of thiophene rings is 1. The zero-order valence-corrected chi connectivity index (χ0v) is 16.1. The number of hydrogen-bond acceptors (Lipinski definition) is 2. The van der Waals surface area contributed by atoms with Crippen LogP contribution in [0.25, 0.3) is 16.1 Å². The minimum Gasteiger partial charge on any atom is -0.338 e. The van der Waals surface area contributed by atoms with E-state index >= 15 is 0 Å². The van der Waals surface area contributed by atoms with Crippen LogP contribution in [0.2, 0.25) is 0 Å². The molecule has 0 spiro atoms. The van der Waals surface area contributed by atoms with Crippen LogP contribution in [-0.4, -0.2) is 11.7 Å². The average Bonchev–Trinajstić information content (AvgIpc) is 3.13. The first kappa shape index (κ1) is 17.6. The lowest BCUT2D eigenvalue weighted by Crippen LogP contribution is -2.07. The van der Waals surface area contributed by atoms with Crippen molar-refractivity contribution in [3.8, 4) is 10.4 Å². The largest absolute Gasteiger partial charge is 0.338 e. The maximum atomic E-state index is 4.40. The van der Waals surface area contributed by atoms with Gasteiger partial charge >= 0.3 is 0 Å². The molecule has 0 atom stereocenters. The first-order chi connectivity index (χ1) is 12.0. The maximum absolute atomic E-state index is 4.40. The molecule has 0 saturated heterocycles. The summed E-state index contributed by atoms with van der Waals surface area (Å²) in [6.45, 7) is 6.35. The highest BCUT2D eigenvalue weighted by Gasteiger charge is 2.13. The van der Waals surface area contributed by atoms with Gasteiger partial charge in [-0.3, -0.25) is 0 Å². The summed E-state index contributed by atoms with van der Waals surface area (Å²) < 4.78 is 3.48. The van der Waals surface area contributed by atoms with E-state index < -0.39 is 9.39 Å². The summed E-state index contributed by atoms with van der Waals surface area (Å²) in [6, 6.07) is 21.0. The smallest absolute Gasteiger partial charge is 0.0485 e. The molecule has 0 saturated carbocycles. The van der Waals surface area contributed by atoms with Gasteiger partial charge in [0.1, 0.15) is 0 Å². The molecule has 0 bridgehead atoms. The Morgan fingerprint density at radius 2 is 1.68 bits per heavy atom. The van der Waals surface area contributed by atoms with E-state index in [0.29, 0.717) is 0 Å². The molecule has 0 radical (unpaired) electrons. The van der Waals surface area contributed by atoms with Crippen LogP contribution >= 0.6 is 20.7 Å². The molecule has 0 amide bonds. The van der Waals surface area contributed by atoms with Gasteiger partial charge in [-0.25, -0.2) is 0 Å². The van der Waals surface area contributed by atoms with E-state index in [1.807, 2.05) is 30.3 Å². The standard InChI is InChI=1S/C22H23NS2/c1-5-18-11-13-20(14-12-18)22-21(15-16-24-22)25(3,4)23-17(2)19-9-7-6-8-10-19/h6-16,23H,2-5H2,1H3. The molecular weight excluding hydrogens is 342 g/mol. The zero-order chi connectivity index (χ0) is 17.9. The lowest BCUT2D eigenvalue weighted by Gasteiger charge is -2.21. The summed E-state index contributed by atoms with van der Waals surface area (Å²) in [7, 11) is -1.70. The maximum Gasteiger partial charge on any atom is 0.0485 e. The second-order valence-corrected chi connectivity index (χ2v) is 9.32. The molecule has 1 nitrogen and oxygen atoms in total. The fourth-order valence-corrected chi connectivity index (χ4v) is 5.70. The predicted molar refractivity (Wildman–Crippen MR) is 118 cm³/mol. The van der Waals surface area contributed by atoms with E-state index in [1.54, 1.807) is 11.3 Å².